The molecule has 0 unspecified atom stereocenters. The number of carbonyl (C=O) groups excluding carboxylic acids is 2. The summed E-state index contributed by atoms with van der Waals surface area (Å²) in [7, 11) is 0. The summed E-state index contributed by atoms with van der Waals surface area (Å²) >= 11 is 5.90. The number of rotatable bonds is 4. The maximum absolute atomic E-state index is 12.3. The van der Waals surface area contributed by atoms with E-state index in [4.69, 9.17) is 21.8 Å². The molecular weight excluding hydrogens is 314 g/mol. The summed E-state index contributed by atoms with van der Waals surface area (Å²) in [5.74, 6) is -4.15. The van der Waals surface area contributed by atoms with Crippen molar-refractivity contribution >= 4 is 40.8 Å². The Morgan fingerprint density at radius 3 is 2.32 bits per heavy atom. The van der Waals surface area contributed by atoms with E-state index >= 15 is 0 Å². The first-order valence-corrected chi connectivity index (χ1v) is 6.61. The highest BCUT2D eigenvalue weighted by Crippen LogP contribution is 2.24. The summed E-state index contributed by atoms with van der Waals surface area (Å²) in [5.41, 5.74) is -0.238. The number of hydrogen-bond acceptors (Lipinski definition) is 5. The Hall–Kier alpha value is -2.54. The fraction of sp³-hybridized carbons (Fsp3) is 0.214. The van der Waals surface area contributed by atoms with Crippen molar-refractivity contribution in [2.45, 2.75) is 17.8 Å². The average molecular weight is 324 g/mol. The third-order valence-electron chi connectivity index (χ3n) is 3.09. The fourth-order valence-corrected chi connectivity index (χ4v) is 2.33. The molecule has 1 aliphatic rings. The van der Waals surface area contributed by atoms with Crippen molar-refractivity contribution in [1.29, 1.82) is 0 Å². The molecule has 0 fully saturated rings. The van der Waals surface area contributed by atoms with Gasteiger partial charge in [0.2, 0.25) is 5.78 Å². The van der Waals surface area contributed by atoms with Crippen molar-refractivity contribution in [2.75, 3.05) is 0 Å². The Bertz CT molecular complexity index is 711. The zero-order chi connectivity index (χ0) is 16.4. The van der Waals surface area contributed by atoms with Gasteiger partial charge in [-0.25, -0.2) is 4.79 Å². The number of carboxylic acids is 2. The maximum Gasteiger partial charge on any atom is 0.329 e. The van der Waals surface area contributed by atoms with Crippen LogP contribution in [0.25, 0.3) is 0 Å². The monoisotopic (exact) mass is 323 g/mol. The Kier molecular flexibility index (Phi) is 4.37. The molecule has 0 saturated heterocycles. The molecule has 2 atom stereocenters. The van der Waals surface area contributed by atoms with Gasteiger partial charge in [0.25, 0.3) is 0 Å². The van der Waals surface area contributed by atoms with Crippen molar-refractivity contribution in [3.8, 4) is 0 Å². The molecule has 0 aliphatic heterocycles. The summed E-state index contributed by atoms with van der Waals surface area (Å²) in [6, 6.07) is 4.27. The topological polar surface area (TPSA) is 121 Å². The Labute approximate surface area is 129 Å². The van der Waals surface area contributed by atoms with Crippen LogP contribution in [-0.2, 0) is 9.59 Å². The van der Waals surface area contributed by atoms with Gasteiger partial charge in [-0.15, -0.1) is 11.6 Å². The molecule has 8 heteroatoms. The lowest BCUT2D eigenvalue weighted by Crippen LogP contribution is -2.39. The summed E-state index contributed by atoms with van der Waals surface area (Å²) < 4.78 is 0. The second-order valence-electron chi connectivity index (χ2n) is 4.57. The lowest BCUT2D eigenvalue weighted by atomic mass is 9.87. The van der Waals surface area contributed by atoms with Crippen LogP contribution in [0.5, 0.6) is 0 Å². The van der Waals surface area contributed by atoms with Crippen LogP contribution >= 0.6 is 11.6 Å². The first kappa shape index (κ1) is 15.8. The number of nitrogens with zero attached hydrogens (tertiary/aromatic N) is 1. The SMILES string of the molecule is O=C(O)C[C@@H](N=C1C(=O)c2ccccc2C(=O)[C@@H]1Cl)C(=O)O. The van der Waals surface area contributed by atoms with Crippen LogP contribution in [0.1, 0.15) is 27.1 Å². The van der Waals surface area contributed by atoms with E-state index in [0.29, 0.717) is 0 Å². The van der Waals surface area contributed by atoms with Crippen LogP contribution in [0.4, 0.5) is 0 Å². The molecule has 2 rings (SSSR count). The van der Waals surface area contributed by atoms with Gasteiger partial charge < -0.3 is 10.2 Å². The Morgan fingerprint density at radius 2 is 1.77 bits per heavy atom. The highest BCUT2D eigenvalue weighted by atomic mass is 35.5. The number of ketones is 2. The quantitative estimate of drug-likeness (QED) is 0.798. The average Bonchev–Trinajstić information content (AvgIpc) is 2.47. The maximum atomic E-state index is 12.3. The van der Waals surface area contributed by atoms with E-state index in [1.54, 1.807) is 12.1 Å². The molecule has 0 saturated carbocycles. The molecule has 1 aliphatic carbocycles. The van der Waals surface area contributed by atoms with E-state index in [-0.39, 0.29) is 11.1 Å². The number of hydrogen-bond donors (Lipinski definition) is 2. The third-order valence-corrected chi connectivity index (χ3v) is 3.49. The molecule has 0 aromatic heterocycles. The zero-order valence-corrected chi connectivity index (χ0v) is 11.8. The number of halogens is 1. The number of Topliss-reactive ketones (excluding diaryl/α,β-unsaturated/α-hetero) is 2. The van der Waals surface area contributed by atoms with Crippen LogP contribution in [-0.4, -0.2) is 50.8 Å². The zero-order valence-electron chi connectivity index (χ0n) is 11.0. The molecule has 0 bridgehead atoms. The number of benzene rings is 1. The van der Waals surface area contributed by atoms with Crippen molar-refractivity contribution in [3.63, 3.8) is 0 Å². The highest BCUT2D eigenvalue weighted by molar-refractivity contribution is 6.64. The van der Waals surface area contributed by atoms with Gasteiger partial charge in [-0.05, 0) is 0 Å². The predicted octanol–water partition coefficient (Wildman–Crippen LogP) is 1.04. The predicted molar refractivity (Wildman–Crippen MR) is 75.9 cm³/mol. The lowest BCUT2D eigenvalue weighted by molar-refractivity contribution is -0.144. The van der Waals surface area contributed by atoms with Crippen LogP contribution in [0.2, 0.25) is 0 Å². The number of aliphatic carboxylic acids is 2. The van der Waals surface area contributed by atoms with Crippen molar-refractivity contribution in [1.82, 2.24) is 0 Å². The summed E-state index contributed by atoms with van der Waals surface area (Å²) in [4.78, 5) is 49.8. The lowest BCUT2D eigenvalue weighted by Gasteiger charge is -2.20. The minimum atomic E-state index is -1.68. The second-order valence-corrected chi connectivity index (χ2v) is 5.00. The van der Waals surface area contributed by atoms with Gasteiger partial charge in [-0.2, -0.15) is 0 Å². The standard InChI is InChI=1S/C14H10ClNO6/c15-10-11(16-8(14(21)22)5-9(17)18)13(20)7-4-2-1-3-6(7)12(10)19/h1-4,8,10H,5H2,(H,17,18)(H,21,22)/t8-,10-/m1/s1. The van der Waals surface area contributed by atoms with Crippen LogP contribution < -0.4 is 0 Å². The first-order valence-electron chi connectivity index (χ1n) is 6.17. The highest BCUT2D eigenvalue weighted by Gasteiger charge is 2.38. The molecule has 0 amide bonds. The number of aliphatic imine (C=N–C) groups is 1. The molecule has 2 N–H and O–H groups in total. The normalized spacial score (nSPS) is 20.6. The molecule has 0 spiro atoms. The van der Waals surface area contributed by atoms with Crippen LogP contribution in [0, 0.1) is 0 Å². The van der Waals surface area contributed by atoms with Gasteiger partial charge in [-0.1, -0.05) is 24.3 Å². The molecular formula is C14H10ClNO6. The van der Waals surface area contributed by atoms with Gasteiger partial charge in [0.1, 0.15) is 11.1 Å². The van der Waals surface area contributed by atoms with Gasteiger partial charge in [0.15, 0.2) is 11.8 Å². The fourth-order valence-electron chi connectivity index (χ4n) is 2.06. The van der Waals surface area contributed by atoms with E-state index in [0.717, 1.165) is 0 Å². The number of carboxylic acid groups (broad SMARTS) is 2. The molecule has 0 heterocycles. The smallest absolute Gasteiger partial charge is 0.329 e. The summed E-state index contributed by atoms with van der Waals surface area (Å²) in [6.45, 7) is 0. The van der Waals surface area contributed by atoms with Crippen molar-refractivity contribution < 1.29 is 29.4 Å². The van der Waals surface area contributed by atoms with E-state index in [2.05, 4.69) is 4.99 Å². The van der Waals surface area contributed by atoms with Crippen LogP contribution in [0.3, 0.4) is 0 Å². The number of alkyl halides is 1. The molecule has 22 heavy (non-hydrogen) atoms. The van der Waals surface area contributed by atoms with Gasteiger partial charge in [-0.3, -0.25) is 19.4 Å². The van der Waals surface area contributed by atoms with E-state index in [9.17, 15) is 19.2 Å². The number of fused-ring (bicyclic) bond motifs is 1. The molecule has 1 aromatic rings. The van der Waals surface area contributed by atoms with Gasteiger partial charge in [0.05, 0.1) is 6.42 Å². The molecule has 1 aromatic carbocycles. The van der Waals surface area contributed by atoms with Crippen LogP contribution in [0.15, 0.2) is 29.3 Å². The third kappa shape index (κ3) is 2.89. The largest absolute Gasteiger partial charge is 0.481 e. The second kappa shape index (κ2) is 6.07. The van der Waals surface area contributed by atoms with Crippen molar-refractivity contribution in [3.05, 3.63) is 35.4 Å². The van der Waals surface area contributed by atoms with Gasteiger partial charge in [0, 0.05) is 11.1 Å². The van der Waals surface area contributed by atoms with Crippen molar-refractivity contribution in [2.24, 2.45) is 4.99 Å². The minimum Gasteiger partial charge on any atom is -0.481 e. The number of carbonyl (C=O) groups is 4. The van der Waals surface area contributed by atoms with Gasteiger partial charge >= 0.3 is 11.9 Å². The minimum absolute atomic E-state index is 0.0719. The molecule has 7 nitrogen and oxygen atoms in total. The summed E-state index contributed by atoms with van der Waals surface area (Å²) in [5, 5.41) is 16.2. The van der Waals surface area contributed by atoms with E-state index < -0.39 is 47.1 Å². The molecule has 0 radical (unpaired) electrons. The van der Waals surface area contributed by atoms with E-state index in [1.165, 1.54) is 12.1 Å². The summed E-state index contributed by atoms with van der Waals surface area (Å²) in [6.07, 6.45) is -0.814. The Balaban J connectivity index is 2.49. The van der Waals surface area contributed by atoms with E-state index in [1.807, 2.05) is 0 Å². The molecule has 114 valence electrons. The Morgan fingerprint density at radius 1 is 1.18 bits per heavy atom. The first-order chi connectivity index (χ1) is 10.3.